The van der Waals surface area contributed by atoms with E-state index in [0.717, 1.165) is 0 Å². The average Bonchev–Trinajstić information content (AvgIpc) is 3.40. The largest absolute Gasteiger partial charge is 0.504 e. The van der Waals surface area contributed by atoms with Crippen LogP contribution in [0.5, 0.6) is 11.5 Å². The molecule has 0 bridgehead atoms. The first-order valence-electron chi connectivity index (χ1n) is 9.90. The van der Waals surface area contributed by atoms with Crippen molar-refractivity contribution in [3.05, 3.63) is 86.3 Å². The summed E-state index contributed by atoms with van der Waals surface area (Å²) < 4.78 is 5.51. The predicted octanol–water partition coefficient (Wildman–Crippen LogP) is 5.60. The summed E-state index contributed by atoms with van der Waals surface area (Å²) in [6.07, 6.45) is 0. The Hall–Kier alpha value is -3.29. The quantitative estimate of drug-likeness (QED) is 0.459. The summed E-state index contributed by atoms with van der Waals surface area (Å²) in [5.74, 6) is -1.60. The van der Waals surface area contributed by atoms with Gasteiger partial charge < -0.3 is 14.9 Å². The minimum atomic E-state index is -0.936. The molecule has 0 saturated carbocycles. The number of carbonyl (C=O) groups excluding carboxylic acids is 2. The van der Waals surface area contributed by atoms with Gasteiger partial charge in [-0.2, -0.15) is 0 Å². The molecule has 164 valence electrons. The summed E-state index contributed by atoms with van der Waals surface area (Å²) >= 11 is 7.53. The van der Waals surface area contributed by atoms with Crippen LogP contribution < -0.4 is 9.64 Å². The summed E-state index contributed by atoms with van der Waals surface area (Å²) in [5, 5.41) is 23.2. The van der Waals surface area contributed by atoms with Crippen molar-refractivity contribution >= 4 is 40.3 Å². The van der Waals surface area contributed by atoms with Crippen molar-refractivity contribution in [1.82, 2.24) is 0 Å². The normalized spacial score (nSPS) is 16.0. The Bertz CT molecular complexity index is 1240. The number of aliphatic hydroxyl groups excluding tert-OH is 1. The molecule has 1 amide bonds. The number of Topliss-reactive ketones (excluding diaryl/α,β-unsaturated/α-hetero) is 1. The molecule has 0 radical (unpaired) electrons. The van der Waals surface area contributed by atoms with Gasteiger partial charge in [-0.25, -0.2) is 0 Å². The second kappa shape index (κ2) is 8.68. The molecule has 1 aromatic heterocycles. The van der Waals surface area contributed by atoms with Crippen molar-refractivity contribution in [2.45, 2.75) is 19.9 Å². The standard InChI is InChI=1S/C24H20ClNO5S/c1-3-31-18-12-14(9-10-17(18)27)21-20(22(28)19-8-5-11-32-19)23(29)24(30)26(21)16-7-4-6-15(25)13(16)2/h4-12,21,27,29H,3H2,1-2H3. The highest BCUT2D eigenvalue weighted by Gasteiger charge is 2.45. The van der Waals surface area contributed by atoms with Gasteiger partial charge in [-0.05, 0) is 60.7 Å². The van der Waals surface area contributed by atoms with E-state index in [9.17, 15) is 19.8 Å². The number of phenols is 1. The molecule has 2 heterocycles. The third kappa shape index (κ3) is 3.63. The summed E-state index contributed by atoms with van der Waals surface area (Å²) in [4.78, 5) is 28.4. The van der Waals surface area contributed by atoms with E-state index in [4.69, 9.17) is 16.3 Å². The summed E-state index contributed by atoms with van der Waals surface area (Å²) in [6, 6.07) is 12.2. The molecule has 0 aliphatic carbocycles. The van der Waals surface area contributed by atoms with Crippen molar-refractivity contribution in [1.29, 1.82) is 0 Å². The number of halogens is 1. The van der Waals surface area contributed by atoms with Crippen LogP contribution in [0.1, 0.15) is 33.8 Å². The topological polar surface area (TPSA) is 87.1 Å². The molecule has 4 rings (SSSR count). The molecule has 0 saturated heterocycles. The van der Waals surface area contributed by atoms with Gasteiger partial charge in [0.05, 0.1) is 23.1 Å². The maximum Gasteiger partial charge on any atom is 0.294 e. The zero-order chi connectivity index (χ0) is 23.0. The number of ether oxygens (including phenoxy) is 1. The molecule has 1 atom stereocenters. The van der Waals surface area contributed by atoms with Crippen molar-refractivity contribution in [3.63, 3.8) is 0 Å². The molecule has 1 aliphatic rings. The number of hydrogen-bond acceptors (Lipinski definition) is 6. The number of anilines is 1. The van der Waals surface area contributed by atoms with E-state index < -0.39 is 23.5 Å². The molecule has 3 aromatic rings. The fraction of sp³-hybridized carbons (Fsp3) is 0.167. The minimum absolute atomic E-state index is 0.0371. The van der Waals surface area contributed by atoms with E-state index >= 15 is 0 Å². The lowest BCUT2D eigenvalue weighted by atomic mass is 9.94. The van der Waals surface area contributed by atoms with Crippen molar-refractivity contribution in [2.24, 2.45) is 0 Å². The molecule has 8 heteroatoms. The van der Waals surface area contributed by atoms with Crippen LogP contribution in [0.2, 0.25) is 5.02 Å². The summed E-state index contributed by atoms with van der Waals surface area (Å²) in [7, 11) is 0. The van der Waals surface area contributed by atoms with Crippen LogP contribution in [-0.4, -0.2) is 28.5 Å². The number of nitrogens with zero attached hydrogens (tertiary/aromatic N) is 1. The van der Waals surface area contributed by atoms with E-state index in [2.05, 4.69) is 0 Å². The van der Waals surface area contributed by atoms with Crippen LogP contribution in [-0.2, 0) is 4.79 Å². The second-order valence-corrected chi connectivity index (χ2v) is 8.55. The highest BCUT2D eigenvalue weighted by Crippen LogP contribution is 2.45. The van der Waals surface area contributed by atoms with Gasteiger partial charge in [-0.1, -0.05) is 29.8 Å². The average molecular weight is 470 g/mol. The number of thiophene rings is 1. The zero-order valence-electron chi connectivity index (χ0n) is 17.3. The fourth-order valence-corrected chi connectivity index (χ4v) is 4.62. The number of benzene rings is 2. The highest BCUT2D eigenvalue weighted by atomic mass is 35.5. The van der Waals surface area contributed by atoms with Crippen LogP contribution in [0.15, 0.2) is 65.2 Å². The first-order valence-corrected chi connectivity index (χ1v) is 11.2. The number of aliphatic hydroxyl groups is 1. The number of ketones is 1. The van der Waals surface area contributed by atoms with Gasteiger partial charge in [0, 0.05) is 10.7 Å². The van der Waals surface area contributed by atoms with Gasteiger partial charge in [-0.3, -0.25) is 14.5 Å². The monoisotopic (exact) mass is 469 g/mol. The number of amides is 1. The Labute approximate surface area is 193 Å². The molecular formula is C24H20ClNO5S. The van der Waals surface area contributed by atoms with Gasteiger partial charge in [-0.15, -0.1) is 11.3 Å². The Balaban J connectivity index is 1.93. The lowest BCUT2D eigenvalue weighted by molar-refractivity contribution is -0.117. The van der Waals surface area contributed by atoms with Crippen molar-refractivity contribution < 1.29 is 24.5 Å². The lowest BCUT2D eigenvalue weighted by Gasteiger charge is -2.28. The number of rotatable bonds is 6. The Morgan fingerprint density at radius 1 is 1.19 bits per heavy atom. The number of carbonyl (C=O) groups is 2. The van der Waals surface area contributed by atoms with Crippen molar-refractivity contribution in [2.75, 3.05) is 11.5 Å². The number of aromatic hydroxyl groups is 1. The minimum Gasteiger partial charge on any atom is -0.504 e. The highest BCUT2D eigenvalue weighted by molar-refractivity contribution is 7.12. The molecule has 6 nitrogen and oxygen atoms in total. The van der Waals surface area contributed by atoms with Gasteiger partial charge in [0.25, 0.3) is 5.91 Å². The predicted molar refractivity (Wildman–Crippen MR) is 124 cm³/mol. The van der Waals surface area contributed by atoms with Crippen LogP contribution >= 0.6 is 22.9 Å². The molecule has 1 unspecified atom stereocenters. The van der Waals surface area contributed by atoms with Gasteiger partial charge in [0.15, 0.2) is 17.3 Å². The van der Waals surface area contributed by atoms with E-state index in [1.54, 1.807) is 61.7 Å². The summed E-state index contributed by atoms with van der Waals surface area (Å²) in [6.45, 7) is 3.87. The molecule has 0 spiro atoms. The van der Waals surface area contributed by atoms with Crippen LogP contribution in [0.25, 0.3) is 0 Å². The van der Waals surface area contributed by atoms with E-state index in [1.165, 1.54) is 22.3 Å². The first-order chi connectivity index (χ1) is 15.3. The molecular weight excluding hydrogens is 450 g/mol. The SMILES string of the molecule is CCOc1cc(C2C(C(=O)c3cccs3)=C(O)C(=O)N2c2cccc(Cl)c2C)ccc1O. The molecule has 2 N–H and O–H groups in total. The van der Waals surface area contributed by atoms with Gasteiger partial charge >= 0.3 is 0 Å². The van der Waals surface area contributed by atoms with Gasteiger partial charge in [0.2, 0.25) is 5.78 Å². The molecule has 32 heavy (non-hydrogen) atoms. The van der Waals surface area contributed by atoms with Gasteiger partial charge in [0.1, 0.15) is 0 Å². The Kier molecular flexibility index (Phi) is 5.95. The van der Waals surface area contributed by atoms with Crippen LogP contribution in [0, 0.1) is 6.92 Å². The maximum absolute atomic E-state index is 13.4. The molecule has 0 fully saturated rings. The molecule has 1 aliphatic heterocycles. The number of hydrogen-bond donors (Lipinski definition) is 2. The third-order valence-corrected chi connectivity index (χ3v) is 6.57. The van der Waals surface area contributed by atoms with Crippen LogP contribution in [0.4, 0.5) is 5.69 Å². The van der Waals surface area contributed by atoms with Crippen molar-refractivity contribution in [3.8, 4) is 11.5 Å². The second-order valence-electron chi connectivity index (χ2n) is 7.19. The third-order valence-electron chi connectivity index (χ3n) is 5.30. The smallest absolute Gasteiger partial charge is 0.294 e. The first kappa shape index (κ1) is 21.9. The fourth-order valence-electron chi connectivity index (χ4n) is 3.77. The lowest BCUT2D eigenvalue weighted by Crippen LogP contribution is -2.31. The number of phenolic OH excluding ortho intramolecular Hbond substituents is 1. The Morgan fingerprint density at radius 3 is 2.66 bits per heavy atom. The molecule has 2 aromatic carbocycles. The summed E-state index contributed by atoms with van der Waals surface area (Å²) in [5.41, 5.74) is 1.57. The van der Waals surface area contributed by atoms with E-state index in [1.807, 2.05) is 0 Å². The zero-order valence-corrected chi connectivity index (χ0v) is 18.9. The Morgan fingerprint density at radius 2 is 1.97 bits per heavy atom. The maximum atomic E-state index is 13.4. The van der Waals surface area contributed by atoms with Crippen LogP contribution in [0.3, 0.4) is 0 Å². The van der Waals surface area contributed by atoms with E-state index in [-0.39, 0.29) is 17.1 Å². The van der Waals surface area contributed by atoms with E-state index in [0.29, 0.717) is 33.3 Å².